The van der Waals surface area contributed by atoms with E-state index in [9.17, 15) is 14.4 Å². The van der Waals surface area contributed by atoms with Crippen LogP contribution in [-0.4, -0.2) is 30.5 Å². The number of hydrogen-bond acceptors (Lipinski definition) is 5. The average molecular weight is 465 g/mol. The van der Waals surface area contributed by atoms with E-state index in [-0.39, 0.29) is 11.3 Å². The van der Waals surface area contributed by atoms with Crippen LogP contribution < -0.4 is 20.8 Å². The summed E-state index contributed by atoms with van der Waals surface area (Å²) in [6.07, 6.45) is 1.37. The van der Waals surface area contributed by atoms with Crippen molar-refractivity contribution < 1.29 is 19.1 Å². The minimum absolute atomic E-state index is 0.183. The Morgan fingerprint density at radius 2 is 1.61 bits per heavy atom. The molecule has 0 atom stereocenters. The van der Waals surface area contributed by atoms with Crippen molar-refractivity contribution in [2.75, 3.05) is 17.2 Å². The molecular formula is C24H21ClN4O4. The zero-order valence-electron chi connectivity index (χ0n) is 17.7. The molecule has 0 saturated carbocycles. The molecular weight excluding hydrogens is 444 g/mol. The van der Waals surface area contributed by atoms with Gasteiger partial charge < -0.3 is 15.4 Å². The second-order valence-electron chi connectivity index (χ2n) is 6.66. The molecule has 3 N–H and O–H groups in total. The Labute approximate surface area is 195 Å². The SMILES string of the molecule is CCOc1ccc(NC(=O)c2ccccc2NC(=O)C(=O)NN=Cc2ccc(Cl)cc2)cc1. The average Bonchev–Trinajstić information content (AvgIpc) is 2.82. The Balaban J connectivity index is 1.61. The highest BCUT2D eigenvalue weighted by Crippen LogP contribution is 2.19. The maximum Gasteiger partial charge on any atom is 0.329 e. The lowest BCUT2D eigenvalue weighted by atomic mass is 10.1. The Morgan fingerprint density at radius 1 is 0.909 bits per heavy atom. The van der Waals surface area contributed by atoms with Gasteiger partial charge in [0, 0.05) is 10.7 Å². The molecule has 0 saturated heterocycles. The third kappa shape index (κ3) is 6.91. The minimum atomic E-state index is -0.984. The fourth-order valence-corrected chi connectivity index (χ4v) is 2.86. The molecule has 168 valence electrons. The van der Waals surface area contributed by atoms with Crippen molar-refractivity contribution in [3.8, 4) is 5.75 Å². The van der Waals surface area contributed by atoms with Gasteiger partial charge in [-0.2, -0.15) is 5.10 Å². The van der Waals surface area contributed by atoms with Gasteiger partial charge in [0.25, 0.3) is 5.91 Å². The van der Waals surface area contributed by atoms with Crippen LogP contribution in [0.15, 0.2) is 77.9 Å². The number of hydrogen-bond donors (Lipinski definition) is 3. The number of nitrogens with zero attached hydrogens (tertiary/aromatic N) is 1. The molecule has 8 nitrogen and oxygen atoms in total. The molecule has 3 aromatic rings. The van der Waals surface area contributed by atoms with Gasteiger partial charge in [-0.3, -0.25) is 14.4 Å². The quantitative estimate of drug-likeness (QED) is 0.278. The summed E-state index contributed by atoms with van der Waals surface area (Å²) in [4.78, 5) is 37.1. The molecule has 0 unspecified atom stereocenters. The molecule has 0 bridgehead atoms. The van der Waals surface area contributed by atoms with Crippen LogP contribution in [0, 0.1) is 0 Å². The molecule has 0 aromatic heterocycles. The summed E-state index contributed by atoms with van der Waals surface area (Å²) in [5.41, 5.74) is 3.76. The molecule has 0 fully saturated rings. The highest BCUT2D eigenvalue weighted by Gasteiger charge is 2.17. The first-order valence-corrected chi connectivity index (χ1v) is 10.4. The first kappa shape index (κ1) is 23.5. The third-order valence-electron chi connectivity index (χ3n) is 4.30. The molecule has 9 heteroatoms. The zero-order valence-corrected chi connectivity index (χ0v) is 18.4. The van der Waals surface area contributed by atoms with Crippen LogP contribution in [0.2, 0.25) is 5.02 Å². The van der Waals surface area contributed by atoms with Crippen molar-refractivity contribution in [2.24, 2.45) is 5.10 Å². The molecule has 0 radical (unpaired) electrons. The lowest BCUT2D eigenvalue weighted by Crippen LogP contribution is -2.33. The number of benzene rings is 3. The van der Waals surface area contributed by atoms with E-state index in [1.807, 2.05) is 6.92 Å². The Bertz CT molecular complexity index is 1160. The molecule has 3 aromatic carbocycles. The van der Waals surface area contributed by atoms with Crippen molar-refractivity contribution in [3.05, 3.63) is 88.9 Å². The highest BCUT2D eigenvalue weighted by atomic mass is 35.5. The van der Waals surface area contributed by atoms with E-state index < -0.39 is 17.7 Å². The van der Waals surface area contributed by atoms with Gasteiger partial charge in [0.1, 0.15) is 5.75 Å². The number of hydrazone groups is 1. The standard InChI is InChI=1S/C24H21ClN4O4/c1-2-33-19-13-11-18(12-14-19)27-22(30)20-5-3-4-6-21(20)28-23(31)24(32)29-26-15-16-7-9-17(25)10-8-16/h3-15H,2H2,1H3,(H,27,30)(H,28,31)(H,29,32). The lowest BCUT2D eigenvalue weighted by molar-refractivity contribution is -0.136. The smallest absolute Gasteiger partial charge is 0.329 e. The predicted molar refractivity (Wildman–Crippen MR) is 128 cm³/mol. The van der Waals surface area contributed by atoms with E-state index >= 15 is 0 Å². The monoisotopic (exact) mass is 464 g/mol. The number of ether oxygens (including phenoxy) is 1. The Morgan fingerprint density at radius 3 is 2.30 bits per heavy atom. The third-order valence-corrected chi connectivity index (χ3v) is 4.55. The Hall–Kier alpha value is -4.17. The van der Waals surface area contributed by atoms with Gasteiger partial charge in [0.15, 0.2) is 0 Å². The van der Waals surface area contributed by atoms with E-state index in [2.05, 4.69) is 21.2 Å². The maximum atomic E-state index is 12.7. The molecule has 3 amide bonds. The summed E-state index contributed by atoms with van der Waals surface area (Å²) in [6, 6.07) is 20.0. The van der Waals surface area contributed by atoms with Crippen LogP contribution in [0.25, 0.3) is 0 Å². The predicted octanol–water partition coefficient (Wildman–Crippen LogP) is 4.08. The largest absolute Gasteiger partial charge is 0.494 e. The number of anilines is 2. The van der Waals surface area contributed by atoms with Crippen LogP contribution in [0.1, 0.15) is 22.8 Å². The molecule has 0 aliphatic rings. The van der Waals surface area contributed by atoms with Gasteiger partial charge in [0.2, 0.25) is 0 Å². The fraction of sp³-hybridized carbons (Fsp3) is 0.0833. The zero-order chi connectivity index (χ0) is 23.6. The summed E-state index contributed by atoms with van der Waals surface area (Å²) in [7, 11) is 0. The number of rotatable bonds is 7. The summed E-state index contributed by atoms with van der Waals surface area (Å²) < 4.78 is 5.38. The fourth-order valence-electron chi connectivity index (χ4n) is 2.73. The topological polar surface area (TPSA) is 109 Å². The van der Waals surface area contributed by atoms with E-state index in [1.54, 1.807) is 60.7 Å². The first-order valence-electron chi connectivity index (χ1n) is 9.99. The maximum absolute atomic E-state index is 12.7. The highest BCUT2D eigenvalue weighted by molar-refractivity contribution is 6.40. The first-order chi connectivity index (χ1) is 16.0. The molecule has 0 aliphatic carbocycles. The lowest BCUT2D eigenvalue weighted by Gasteiger charge is -2.11. The van der Waals surface area contributed by atoms with Crippen molar-refractivity contribution in [3.63, 3.8) is 0 Å². The van der Waals surface area contributed by atoms with Crippen LogP contribution in [0.3, 0.4) is 0 Å². The summed E-state index contributed by atoms with van der Waals surface area (Å²) in [6.45, 7) is 2.42. The van der Waals surface area contributed by atoms with Crippen LogP contribution in [-0.2, 0) is 9.59 Å². The Kier molecular flexibility index (Phi) is 8.15. The van der Waals surface area contributed by atoms with E-state index in [0.717, 1.165) is 0 Å². The van der Waals surface area contributed by atoms with Gasteiger partial charge in [0.05, 0.1) is 24.1 Å². The van der Waals surface area contributed by atoms with Crippen LogP contribution >= 0.6 is 11.6 Å². The number of carbonyl (C=O) groups is 3. The van der Waals surface area contributed by atoms with E-state index in [1.165, 1.54) is 18.3 Å². The van der Waals surface area contributed by atoms with Crippen LogP contribution in [0.5, 0.6) is 5.75 Å². The molecule has 3 rings (SSSR count). The number of carbonyl (C=O) groups excluding carboxylic acids is 3. The van der Waals surface area contributed by atoms with Gasteiger partial charge in [-0.25, -0.2) is 5.43 Å². The number of nitrogens with one attached hydrogen (secondary N) is 3. The number of halogens is 1. The molecule has 0 heterocycles. The van der Waals surface area contributed by atoms with Gasteiger partial charge >= 0.3 is 11.8 Å². The second-order valence-corrected chi connectivity index (χ2v) is 7.10. The van der Waals surface area contributed by atoms with Gasteiger partial charge in [-0.05, 0) is 61.0 Å². The van der Waals surface area contributed by atoms with Crippen molar-refractivity contribution >= 4 is 46.9 Å². The van der Waals surface area contributed by atoms with E-state index in [4.69, 9.17) is 16.3 Å². The second kappa shape index (κ2) is 11.4. The minimum Gasteiger partial charge on any atom is -0.494 e. The van der Waals surface area contributed by atoms with Crippen molar-refractivity contribution in [2.45, 2.75) is 6.92 Å². The molecule has 33 heavy (non-hydrogen) atoms. The van der Waals surface area contributed by atoms with Crippen LogP contribution in [0.4, 0.5) is 11.4 Å². The van der Waals surface area contributed by atoms with Gasteiger partial charge in [-0.15, -0.1) is 0 Å². The number of para-hydroxylation sites is 1. The van der Waals surface area contributed by atoms with Crippen molar-refractivity contribution in [1.82, 2.24) is 5.43 Å². The summed E-state index contributed by atoms with van der Waals surface area (Å²) in [5.74, 6) is -1.71. The van der Waals surface area contributed by atoms with Gasteiger partial charge in [-0.1, -0.05) is 35.9 Å². The van der Waals surface area contributed by atoms with E-state index in [0.29, 0.717) is 28.6 Å². The summed E-state index contributed by atoms with van der Waals surface area (Å²) in [5, 5.41) is 9.50. The number of amides is 3. The molecule has 0 aliphatic heterocycles. The summed E-state index contributed by atoms with van der Waals surface area (Å²) >= 11 is 5.81. The normalized spacial score (nSPS) is 10.5. The molecule has 0 spiro atoms. The van der Waals surface area contributed by atoms with Crippen molar-refractivity contribution in [1.29, 1.82) is 0 Å².